The van der Waals surface area contributed by atoms with Crippen LogP contribution in [0, 0.1) is 5.92 Å². The van der Waals surface area contributed by atoms with Crippen molar-refractivity contribution in [1.29, 1.82) is 0 Å². The molecule has 0 aromatic carbocycles. The molecule has 0 bridgehead atoms. The van der Waals surface area contributed by atoms with Gasteiger partial charge in [-0.05, 0) is 38.4 Å². The summed E-state index contributed by atoms with van der Waals surface area (Å²) in [5.74, 6) is 1.58. The predicted octanol–water partition coefficient (Wildman–Crippen LogP) is 1.53. The molecule has 154 valence electrons. The van der Waals surface area contributed by atoms with E-state index in [1.54, 1.807) is 0 Å². The van der Waals surface area contributed by atoms with E-state index in [9.17, 15) is 0 Å². The monoisotopic (exact) mass is 480 g/mol. The van der Waals surface area contributed by atoms with Crippen molar-refractivity contribution in [3.63, 3.8) is 0 Å². The minimum Gasteiger partial charge on any atom is -0.356 e. The van der Waals surface area contributed by atoms with E-state index < -0.39 is 0 Å². The Bertz CT molecular complexity index is 378. The van der Waals surface area contributed by atoms with Crippen molar-refractivity contribution in [2.45, 2.75) is 33.1 Å². The number of likely N-dealkylation sites (tertiary alicyclic amines) is 1. The van der Waals surface area contributed by atoms with Gasteiger partial charge >= 0.3 is 0 Å². The number of hydrogen-bond donors (Lipinski definition) is 2. The van der Waals surface area contributed by atoms with Crippen molar-refractivity contribution in [2.24, 2.45) is 10.9 Å². The van der Waals surface area contributed by atoms with E-state index in [-0.39, 0.29) is 24.0 Å². The topological polar surface area (TPSA) is 46.1 Å². The number of halogens is 1. The fourth-order valence-electron chi connectivity index (χ4n) is 3.80. The summed E-state index contributed by atoms with van der Waals surface area (Å²) in [6.07, 6.45) is 4.12. The van der Waals surface area contributed by atoms with Crippen LogP contribution in [-0.2, 0) is 0 Å². The Morgan fingerprint density at radius 3 is 2.19 bits per heavy atom. The average molecular weight is 480 g/mol. The van der Waals surface area contributed by atoms with Gasteiger partial charge in [0.1, 0.15) is 0 Å². The molecule has 1 unspecified atom stereocenters. The first-order valence-electron chi connectivity index (χ1n) is 10.3. The summed E-state index contributed by atoms with van der Waals surface area (Å²) in [4.78, 5) is 12.1. The summed E-state index contributed by atoms with van der Waals surface area (Å²) < 4.78 is 0. The Hall–Kier alpha value is -0.120. The third-order valence-electron chi connectivity index (χ3n) is 5.49. The molecule has 2 aliphatic rings. The zero-order chi connectivity index (χ0) is 17.9. The molecule has 2 aliphatic heterocycles. The standard InChI is InChI=1S/C19H40N6.HI/c1-4-23-12-14-25(15-13-23)17-18(2)16-22-19(20-3)21-8-11-24-9-6-5-7-10-24;/h18H,4-17H2,1-3H3,(H2,20,21,22);1H. The van der Waals surface area contributed by atoms with Crippen LogP contribution in [0.1, 0.15) is 33.1 Å². The van der Waals surface area contributed by atoms with E-state index in [1.165, 1.54) is 71.6 Å². The van der Waals surface area contributed by atoms with Gasteiger partial charge in [-0.25, -0.2) is 0 Å². The molecule has 0 aromatic heterocycles. The first-order chi connectivity index (χ1) is 12.2. The Morgan fingerprint density at radius 2 is 1.58 bits per heavy atom. The van der Waals surface area contributed by atoms with Crippen LogP contribution < -0.4 is 10.6 Å². The van der Waals surface area contributed by atoms with Crippen molar-refractivity contribution in [3.8, 4) is 0 Å². The van der Waals surface area contributed by atoms with Crippen LogP contribution in [0.4, 0.5) is 0 Å². The Kier molecular flexibility index (Phi) is 12.8. The highest BCUT2D eigenvalue weighted by atomic mass is 127. The molecule has 2 fully saturated rings. The van der Waals surface area contributed by atoms with Crippen LogP contribution in [-0.4, -0.2) is 99.7 Å². The second-order valence-corrected chi connectivity index (χ2v) is 7.62. The van der Waals surface area contributed by atoms with Gasteiger partial charge in [-0.3, -0.25) is 4.99 Å². The van der Waals surface area contributed by atoms with Crippen LogP contribution >= 0.6 is 24.0 Å². The quantitative estimate of drug-likeness (QED) is 0.314. The molecule has 2 heterocycles. The zero-order valence-corrected chi connectivity index (χ0v) is 19.5. The minimum absolute atomic E-state index is 0. The normalized spacial score (nSPS) is 21.9. The smallest absolute Gasteiger partial charge is 0.191 e. The SMILES string of the molecule is CCN1CCN(CC(C)CNC(=NC)NCCN2CCCCC2)CC1.I. The number of aliphatic imine (C=N–C) groups is 1. The number of hydrogen-bond acceptors (Lipinski definition) is 4. The lowest BCUT2D eigenvalue weighted by atomic mass is 10.1. The van der Waals surface area contributed by atoms with Gasteiger partial charge in [0.15, 0.2) is 5.96 Å². The number of piperidine rings is 1. The van der Waals surface area contributed by atoms with E-state index in [0.717, 1.165) is 25.6 Å². The van der Waals surface area contributed by atoms with Crippen LogP contribution in [0.15, 0.2) is 4.99 Å². The van der Waals surface area contributed by atoms with Gasteiger partial charge in [-0.15, -0.1) is 24.0 Å². The van der Waals surface area contributed by atoms with Crippen molar-refractivity contribution in [3.05, 3.63) is 0 Å². The maximum atomic E-state index is 4.37. The molecule has 6 nitrogen and oxygen atoms in total. The molecule has 2 rings (SSSR count). The summed E-state index contributed by atoms with van der Waals surface area (Å²) >= 11 is 0. The van der Waals surface area contributed by atoms with Gasteiger partial charge in [0.2, 0.25) is 0 Å². The summed E-state index contributed by atoms with van der Waals surface area (Å²) in [5.41, 5.74) is 0. The van der Waals surface area contributed by atoms with E-state index in [1.807, 2.05) is 7.05 Å². The molecule has 2 N–H and O–H groups in total. The second-order valence-electron chi connectivity index (χ2n) is 7.62. The first-order valence-corrected chi connectivity index (χ1v) is 10.3. The highest BCUT2D eigenvalue weighted by Crippen LogP contribution is 2.07. The lowest BCUT2D eigenvalue weighted by Gasteiger charge is -2.35. The summed E-state index contributed by atoms with van der Waals surface area (Å²) in [5, 5.41) is 6.97. The third-order valence-corrected chi connectivity index (χ3v) is 5.49. The van der Waals surface area contributed by atoms with Crippen molar-refractivity contribution >= 4 is 29.9 Å². The molecule has 26 heavy (non-hydrogen) atoms. The number of nitrogens with zero attached hydrogens (tertiary/aromatic N) is 4. The molecule has 0 amide bonds. The Balaban J connectivity index is 0.00000338. The van der Waals surface area contributed by atoms with Crippen LogP contribution in [0.5, 0.6) is 0 Å². The summed E-state index contributed by atoms with van der Waals surface area (Å²) in [7, 11) is 1.87. The number of likely N-dealkylation sites (N-methyl/N-ethyl adjacent to an activating group) is 1. The lowest BCUT2D eigenvalue weighted by Crippen LogP contribution is -2.49. The predicted molar refractivity (Wildman–Crippen MR) is 123 cm³/mol. The molecule has 0 aromatic rings. The fraction of sp³-hybridized carbons (Fsp3) is 0.947. The van der Waals surface area contributed by atoms with Crippen molar-refractivity contribution in [1.82, 2.24) is 25.3 Å². The third kappa shape index (κ3) is 9.19. The van der Waals surface area contributed by atoms with Crippen LogP contribution in [0.2, 0.25) is 0 Å². The number of guanidine groups is 1. The molecule has 1 atom stereocenters. The molecule has 0 radical (unpaired) electrons. The van der Waals surface area contributed by atoms with Crippen LogP contribution in [0.3, 0.4) is 0 Å². The molecule has 0 saturated carbocycles. The minimum atomic E-state index is 0. The lowest BCUT2D eigenvalue weighted by molar-refractivity contribution is 0.124. The van der Waals surface area contributed by atoms with Gasteiger partial charge in [-0.1, -0.05) is 20.3 Å². The molecule has 0 aliphatic carbocycles. The summed E-state index contributed by atoms with van der Waals surface area (Å²) in [6, 6.07) is 0. The maximum Gasteiger partial charge on any atom is 0.191 e. The van der Waals surface area contributed by atoms with Crippen molar-refractivity contribution < 1.29 is 0 Å². The summed E-state index contributed by atoms with van der Waals surface area (Å²) in [6.45, 7) is 17.4. The second kappa shape index (κ2) is 14.0. The Morgan fingerprint density at radius 1 is 0.923 bits per heavy atom. The van der Waals surface area contributed by atoms with Gasteiger partial charge in [0.05, 0.1) is 0 Å². The fourth-order valence-corrected chi connectivity index (χ4v) is 3.80. The van der Waals surface area contributed by atoms with Gasteiger partial charge in [0, 0.05) is 59.4 Å². The van der Waals surface area contributed by atoms with Gasteiger partial charge in [0.25, 0.3) is 0 Å². The van der Waals surface area contributed by atoms with E-state index in [0.29, 0.717) is 5.92 Å². The largest absolute Gasteiger partial charge is 0.356 e. The average Bonchev–Trinajstić information content (AvgIpc) is 2.66. The number of rotatable bonds is 8. The molecular weight excluding hydrogens is 439 g/mol. The molecule has 2 saturated heterocycles. The van der Waals surface area contributed by atoms with Gasteiger partial charge in [-0.2, -0.15) is 0 Å². The van der Waals surface area contributed by atoms with Crippen molar-refractivity contribution in [2.75, 3.05) is 79.0 Å². The molecule has 0 spiro atoms. The molecule has 7 heteroatoms. The maximum absolute atomic E-state index is 4.37. The first kappa shape index (κ1) is 23.9. The van der Waals surface area contributed by atoms with E-state index in [4.69, 9.17) is 0 Å². The van der Waals surface area contributed by atoms with Crippen LogP contribution in [0.25, 0.3) is 0 Å². The van der Waals surface area contributed by atoms with E-state index >= 15 is 0 Å². The Labute approximate surface area is 178 Å². The molecular formula is C19H41IN6. The van der Waals surface area contributed by atoms with E-state index in [2.05, 4.69) is 44.2 Å². The van der Waals surface area contributed by atoms with Gasteiger partial charge < -0.3 is 25.3 Å². The number of piperazine rings is 1. The highest BCUT2D eigenvalue weighted by molar-refractivity contribution is 14.0. The highest BCUT2D eigenvalue weighted by Gasteiger charge is 2.17. The number of nitrogens with one attached hydrogen (secondary N) is 2. The zero-order valence-electron chi connectivity index (χ0n) is 17.2.